The van der Waals surface area contributed by atoms with E-state index in [1.165, 1.54) is 0 Å². The quantitative estimate of drug-likeness (QED) is 0.675. The van der Waals surface area contributed by atoms with Crippen molar-refractivity contribution in [3.05, 3.63) is 35.9 Å². The number of benzene rings is 1. The molecule has 1 saturated heterocycles. The molecule has 0 N–H and O–H groups in total. The third kappa shape index (κ3) is 5.28. The van der Waals surface area contributed by atoms with Crippen molar-refractivity contribution >= 4 is 11.8 Å². The van der Waals surface area contributed by atoms with Crippen LogP contribution in [0.15, 0.2) is 30.3 Å². The van der Waals surface area contributed by atoms with Crippen LogP contribution in [0.4, 0.5) is 0 Å². The zero-order chi connectivity index (χ0) is 18.2. The van der Waals surface area contributed by atoms with E-state index in [1.54, 1.807) is 31.1 Å². The fraction of sp³-hybridized carbons (Fsp3) is 0.579. The number of rotatable bonds is 8. The van der Waals surface area contributed by atoms with E-state index in [-0.39, 0.29) is 30.7 Å². The molecule has 1 heterocycles. The van der Waals surface area contributed by atoms with E-state index in [2.05, 4.69) is 0 Å². The molecule has 2 amide bonds. The van der Waals surface area contributed by atoms with Crippen molar-refractivity contribution in [3.8, 4) is 0 Å². The van der Waals surface area contributed by atoms with E-state index in [0.717, 1.165) is 18.4 Å². The van der Waals surface area contributed by atoms with Gasteiger partial charge in [-0.25, -0.2) is 0 Å². The average Bonchev–Trinajstić information content (AvgIpc) is 3.11. The first-order valence-electron chi connectivity index (χ1n) is 8.69. The Morgan fingerprint density at radius 1 is 1.20 bits per heavy atom. The van der Waals surface area contributed by atoms with E-state index in [9.17, 15) is 9.59 Å². The van der Waals surface area contributed by atoms with E-state index in [0.29, 0.717) is 13.1 Å². The Bertz CT molecular complexity index is 560. The van der Waals surface area contributed by atoms with E-state index < -0.39 is 6.29 Å². The van der Waals surface area contributed by atoms with E-state index >= 15 is 0 Å². The fourth-order valence-corrected chi connectivity index (χ4v) is 3.29. The number of likely N-dealkylation sites (tertiary alicyclic amines) is 1. The van der Waals surface area contributed by atoms with E-state index in [1.807, 2.05) is 30.3 Å². The summed E-state index contributed by atoms with van der Waals surface area (Å²) in [5.41, 5.74) is 1.08. The Labute approximate surface area is 149 Å². The van der Waals surface area contributed by atoms with Gasteiger partial charge in [0.15, 0.2) is 6.29 Å². The lowest BCUT2D eigenvalue weighted by molar-refractivity contribution is -0.157. The summed E-state index contributed by atoms with van der Waals surface area (Å²) >= 11 is 0. The molecule has 1 aliphatic heterocycles. The predicted molar refractivity (Wildman–Crippen MR) is 94.7 cm³/mol. The number of methoxy groups -OCH3 is 2. The SMILES string of the molecule is COC(OC)[C@@H]1CCCN1C(=O)CCC(=O)N(C)Cc1ccccc1. The second-order valence-corrected chi connectivity index (χ2v) is 6.37. The minimum absolute atomic E-state index is 0.0111. The number of hydrogen-bond acceptors (Lipinski definition) is 4. The largest absolute Gasteiger partial charge is 0.354 e. The van der Waals surface area contributed by atoms with Gasteiger partial charge in [-0.3, -0.25) is 9.59 Å². The zero-order valence-electron chi connectivity index (χ0n) is 15.3. The van der Waals surface area contributed by atoms with Crippen LogP contribution in [0, 0.1) is 0 Å². The van der Waals surface area contributed by atoms with Gasteiger partial charge in [0.2, 0.25) is 11.8 Å². The predicted octanol–water partition coefficient (Wildman–Crippen LogP) is 2.04. The molecule has 0 bridgehead atoms. The van der Waals surface area contributed by atoms with Crippen LogP contribution in [0.25, 0.3) is 0 Å². The van der Waals surface area contributed by atoms with Crippen LogP contribution in [0.2, 0.25) is 0 Å². The molecule has 1 atom stereocenters. The molecule has 25 heavy (non-hydrogen) atoms. The minimum Gasteiger partial charge on any atom is -0.354 e. The lowest BCUT2D eigenvalue weighted by Crippen LogP contribution is -2.44. The van der Waals surface area contributed by atoms with Crippen molar-refractivity contribution in [1.29, 1.82) is 0 Å². The molecule has 2 rings (SSSR count). The number of ether oxygens (including phenoxy) is 2. The van der Waals surface area contributed by atoms with Crippen LogP contribution in [0.5, 0.6) is 0 Å². The highest BCUT2D eigenvalue weighted by molar-refractivity contribution is 5.84. The van der Waals surface area contributed by atoms with Crippen LogP contribution in [0.1, 0.15) is 31.2 Å². The maximum absolute atomic E-state index is 12.5. The Morgan fingerprint density at radius 3 is 2.52 bits per heavy atom. The third-order valence-electron chi connectivity index (χ3n) is 4.64. The van der Waals surface area contributed by atoms with Crippen LogP contribution in [0.3, 0.4) is 0 Å². The van der Waals surface area contributed by atoms with Gasteiger partial charge < -0.3 is 19.3 Å². The molecule has 0 saturated carbocycles. The average molecular weight is 348 g/mol. The Morgan fingerprint density at radius 2 is 1.88 bits per heavy atom. The van der Waals surface area contributed by atoms with Crippen LogP contribution in [-0.4, -0.2) is 61.8 Å². The maximum atomic E-state index is 12.5. The summed E-state index contributed by atoms with van der Waals surface area (Å²) in [5.74, 6) is -0.0361. The normalized spacial score (nSPS) is 17.1. The molecule has 0 aromatic heterocycles. The summed E-state index contributed by atoms with van der Waals surface area (Å²) in [6, 6.07) is 9.75. The van der Waals surface area contributed by atoms with Gasteiger partial charge in [0.1, 0.15) is 0 Å². The number of hydrogen-bond donors (Lipinski definition) is 0. The molecule has 1 aromatic carbocycles. The standard InChI is InChI=1S/C19H28N2O4/c1-20(14-15-8-5-4-6-9-15)17(22)11-12-18(23)21-13-7-10-16(21)19(24-2)25-3/h4-6,8-9,16,19H,7,10-14H2,1-3H3/t16-/m0/s1. The van der Waals surface area contributed by atoms with Crippen LogP contribution >= 0.6 is 0 Å². The molecule has 0 radical (unpaired) electrons. The molecular weight excluding hydrogens is 320 g/mol. The molecule has 0 spiro atoms. The van der Waals surface area contributed by atoms with Crippen molar-refractivity contribution < 1.29 is 19.1 Å². The first kappa shape index (κ1) is 19.4. The zero-order valence-corrected chi connectivity index (χ0v) is 15.3. The molecule has 6 heteroatoms. The third-order valence-corrected chi connectivity index (χ3v) is 4.64. The van der Waals surface area contributed by atoms with Crippen molar-refractivity contribution in [3.63, 3.8) is 0 Å². The van der Waals surface area contributed by atoms with Crippen molar-refractivity contribution in [2.24, 2.45) is 0 Å². The molecule has 0 aliphatic carbocycles. The fourth-order valence-electron chi connectivity index (χ4n) is 3.29. The number of carbonyl (C=O) groups excluding carboxylic acids is 2. The van der Waals surface area contributed by atoms with Crippen LogP contribution in [-0.2, 0) is 25.6 Å². The molecule has 138 valence electrons. The summed E-state index contributed by atoms with van der Waals surface area (Å²) in [6.07, 6.45) is 1.81. The Hall–Kier alpha value is -1.92. The van der Waals surface area contributed by atoms with Gasteiger partial charge in [0, 0.05) is 47.2 Å². The monoisotopic (exact) mass is 348 g/mol. The van der Waals surface area contributed by atoms with Gasteiger partial charge in [-0.2, -0.15) is 0 Å². The van der Waals surface area contributed by atoms with Gasteiger partial charge in [-0.1, -0.05) is 30.3 Å². The Kier molecular flexibility index (Phi) is 7.40. The minimum atomic E-state index is -0.414. The van der Waals surface area contributed by atoms with Crippen molar-refractivity contribution in [1.82, 2.24) is 9.80 Å². The lowest BCUT2D eigenvalue weighted by atomic mass is 10.2. The van der Waals surface area contributed by atoms with Gasteiger partial charge in [0.25, 0.3) is 0 Å². The number of nitrogens with zero attached hydrogens (tertiary/aromatic N) is 2. The summed E-state index contributed by atoms with van der Waals surface area (Å²) in [5, 5.41) is 0. The van der Waals surface area contributed by atoms with Crippen molar-refractivity contribution in [2.45, 2.75) is 44.6 Å². The topological polar surface area (TPSA) is 59.1 Å². The van der Waals surface area contributed by atoms with Gasteiger partial charge in [-0.15, -0.1) is 0 Å². The highest BCUT2D eigenvalue weighted by Crippen LogP contribution is 2.23. The molecule has 0 unspecified atom stereocenters. The number of amides is 2. The maximum Gasteiger partial charge on any atom is 0.223 e. The summed E-state index contributed by atoms with van der Waals surface area (Å²) in [7, 11) is 4.93. The van der Waals surface area contributed by atoms with Gasteiger partial charge in [0.05, 0.1) is 6.04 Å². The van der Waals surface area contributed by atoms with Crippen LogP contribution < -0.4 is 0 Å². The summed E-state index contributed by atoms with van der Waals surface area (Å²) in [4.78, 5) is 28.3. The lowest BCUT2D eigenvalue weighted by Gasteiger charge is -2.30. The Balaban J connectivity index is 1.83. The molecule has 6 nitrogen and oxygen atoms in total. The molecule has 1 aliphatic rings. The molecule has 1 fully saturated rings. The van der Waals surface area contributed by atoms with E-state index in [4.69, 9.17) is 9.47 Å². The van der Waals surface area contributed by atoms with Gasteiger partial charge in [-0.05, 0) is 18.4 Å². The highest BCUT2D eigenvalue weighted by Gasteiger charge is 2.35. The number of carbonyl (C=O) groups is 2. The highest BCUT2D eigenvalue weighted by atomic mass is 16.7. The second kappa shape index (κ2) is 9.53. The molecular formula is C19H28N2O4. The van der Waals surface area contributed by atoms with Crippen molar-refractivity contribution in [2.75, 3.05) is 27.8 Å². The molecule has 1 aromatic rings. The summed E-state index contributed by atoms with van der Waals surface area (Å²) in [6.45, 7) is 1.25. The summed E-state index contributed by atoms with van der Waals surface area (Å²) < 4.78 is 10.6. The second-order valence-electron chi connectivity index (χ2n) is 6.37. The first-order valence-corrected chi connectivity index (χ1v) is 8.69. The first-order chi connectivity index (χ1) is 12.1. The smallest absolute Gasteiger partial charge is 0.223 e. The van der Waals surface area contributed by atoms with Gasteiger partial charge >= 0.3 is 0 Å².